The fourth-order valence-corrected chi connectivity index (χ4v) is 3.71. The second-order valence-corrected chi connectivity index (χ2v) is 5.48. The molecule has 1 aromatic heterocycles. The number of nitrogens with one attached hydrogen (secondary N) is 1. The average molecular weight is 270 g/mol. The lowest BCUT2D eigenvalue weighted by Crippen LogP contribution is -2.53. The van der Waals surface area contributed by atoms with E-state index >= 15 is 0 Å². The van der Waals surface area contributed by atoms with Crippen LogP contribution in [0.4, 0.5) is 0 Å². The summed E-state index contributed by atoms with van der Waals surface area (Å²) in [4.78, 5) is 28.7. The lowest BCUT2D eigenvalue weighted by atomic mass is 9.85. The second kappa shape index (κ2) is 3.62. The number of carbonyl (C=O) groups is 2. The number of rotatable bonds is 1. The van der Waals surface area contributed by atoms with Crippen molar-refractivity contribution in [2.45, 2.75) is 24.8 Å². The summed E-state index contributed by atoms with van der Waals surface area (Å²) in [7, 11) is 0. The predicted octanol–water partition coefficient (Wildman–Crippen LogP) is 1.63. The van der Waals surface area contributed by atoms with Gasteiger partial charge in [-0.1, -0.05) is 18.2 Å². The minimum absolute atomic E-state index is 0.0586. The monoisotopic (exact) mass is 270 g/mol. The summed E-state index contributed by atoms with van der Waals surface area (Å²) in [5, 5.41) is 10.8. The van der Waals surface area contributed by atoms with Crippen molar-refractivity contribution in [3.8, 4) is 0 Å². The maximum atomic E-state index is 12.0. The summed E-state index contributed by atoms with van der Waals surface area (Å²) >= 11 is 0. The van der Waals surface area contributed by atoms with Crippen LogP contribution in [0.5, 0.6) is 0 Å². The van der Waals surface area contributed by atoms with Crippen molar-refractivity contribution in [3.63, 3.8) is 0 Å². The molecule has 0 saturated carbocycles. The molecule has 2 aromatic rings. The Labute approximate surface area is 115 Å². The summed E-state index contributed by atoms with van der Waals surface area (Å²) in [6.07, 6.45) is 1.36. The highest BCUT2D eigenvalue weighted by Gasteiger charge is 2.56. The zero-order chi connectivity index (χ0) is 13.9. The zero-order valence-corrected chi connectivity index (χ0v) is 10.8. The second-order valence-electron chi connectivity index (χ2n) is 5.48. The summed E-state index contributed by atoms with van der Waals surface area (Å²) < 4.78 is 0. The first-order chi connectivity index (χ1) is 9.64. The van der Waals surface area contributed by atoms with E-state index in [0.717, 1.165) is 16.5 Å². The highest BCUT2D eigenvalue weighted by atomic mass is 16.4. The Balaban J connectivity index is 2.04. The Hall–Kier alpha value is -2.30. The number of benzene rings is 1. The number of hydrogen-bond donors (Lipinski definition) is 2. The van der Waals surface area contributed by atoms with Crippen LogP contribution in [0, 0.1) is 0 Å². The smallest absolute Gasteiger partial charge is 0.335 e. The number of para-hydroxylation sites is 1. The first kappa shape index (κ1) is 11.5. The van der Waals surface area contributed by atoms with Crippen LogP contribution in [-0.2, 0) is 21.5 Å². The Bertz CT molecular complexity index is 749. The number of carbonyl (C=O) groups excluding carboxylic acids is 1. The third kappa shape index (κ3) is 1.18. The number of H-pyrrole nitrogens is 1. The molecule has 1 atom stereocenters. The molecule has 2 N–H and O–H groups in total. The number of aromatic nitrogens is 1. The fraction of sp³-hybridized carbons (Fsp3) is 0.333. The van der Waals surface area contributed by atoms with Gasteiger partial charge >= 0.3 is 5.97 Å². The Morgan fingerprint density at radius 2 is 2.10 bits per heavy atom. The topological polar surface area (TPSA) is 73.4 Å². The molecule has 1 amide bonds. The molecule has 4 rings (SSSR count). The molecule has 0 bridgehead atoms. The Morgan fingerprint density at radius 1 is 1.30 bits per heavy atom. The molecule has 2 aliphatic heterocycles. The molecular formula is C15H14N2O3. The molecular weight excluding hydrogens is 256 g/mol. The number of carboxylic acid groups (broad SMARTS) is 1. The largest absolute Gasteiger partial charge is 0.479 e. The van der Waals surface area contributed by atoms with E-state index in [1.807, 2.05) is 24.3 Å². The van der Waals surface area contributed by atoms with Crippen molar-refractivity contribution in [1.82, 2.24) is 9.88 Å². The van der Waals surface area contributed by atoms with Crippen LogP contribution in [0.1, 0.15) is 24.1 Å². The van der Waals surface area contributed by atoms with Crippen LogP contribution in [0.25, 0.3) is 10.9 Å². The van der Waals surface area contributed by atoms with Crippen LogP contribution in [0.15, 0.2) is 24.3 Å². The van der Waals surface area contributed by atoms with E-state index in [2.05, 4.69) is 4.98 Å². The van der Waals surface area contributed by atoms with E-state index in [1.165, 1.54) is 4.90 Å². The molecule has 1 fully saturated rings. The maximum Gasteiger partial charge on any atom is 0.335 e. The van der Waals surface area contributed by atoms with Crippen LogP contribution in [0.3, 0.4) is 0 Å². The summed E-state index contributed by atoms with van der Waals surface area (Å²) in [6.45, 7) is 0.486. The Kier molecular flexibility index (Phi) is 2.09. The summed E-state index contributed by atoms with van der Waals surface area (Å²) in [5.41, 5.74) is 1.50. The van der Waals surface area contributed by atoms with Gasteiger partial charge in [0.15, 0.2) is 5.54 Å². The van der Waals surface area contributed by atoms with Gasteiger partial charge in [0.05, 0.1) is 5.69 Å². The molecule has 5 heteroatoms. The minimum Gasteiger partial charge on any atom is -0.479 e. The SMILES string of the molecule is O=C1CC[C@@]2(C(=O)O)c3[nH]c4ccccc4c3CCN12. The lowest BCUT2D eigenvalue weighted by Gasteiger charge is -2.38. The van der Waals surface area contributed by atoms with E-state index in [0.29, 0.717) is 31.5 Å². The number of amides is 1. The maximum absolute atomic E-state index is 12.0. The molecule has 1 saturated heterocycles. The number of nitrogens with zero attached hydrogens (tertiary/aromatic N) is 1. The molecule has 2 aliphatic rings. The molecule has 102 valence electrons. The molecule has 0 radical (unpaired) electrons. The first-order valence-corrected chi connectivity index (χ1v) is 6.78. The van der Waals surface area contributed by atoms with Gasteiger partial charge in [-0.2, -0.15) is 0 Å². The van der Waals surface area contributed by atoms with Gasteiger partial charge in [-0.25, -0.2) is 4.79 Å². The van der Waals surface area contributed by atoms with Gasteiger partial charge in [0.1, 0.15) is 0 Å². The first-order valence-electron chi connectivity index (χ1n) is 6.78. The van der Waals surface area contributed by atoms with Crippen LogP contribution in [-0.4, -0.2) is 33.4 Å². The van der Waals surface area contributed by atoms with Gasteiger partial charge in [0.2, 0.25) is 5.91 Å². The van der Waals surface area contributed by atoms with Gasteiger partial charge in [-0.3, -0.25) is 4.79 Å². The van der Waals surface area contributed by atoms with Crippen molar-refractivity contribution in [1.29, 1.82) is 0 Å². The molecule has 0 unspecified atom stereocenters. The Morgan fingerprint density at radius 3 is 2.90 bits per heavy atom. The van der Waals surface area contributed by atoms with E-state index in [9.17, 15) is 14.7 Å². The minimum atomic E-state index is -1.19. The van der Waals surface area contributed by atoms with E-state index in [-0.39, 0.29) is 5.91 Å². The number of hydrogen-bond acceptors (Lipinski definition) is 2. The van der Waals surface area contributed by atoms with Gasteiger partial charge in [-0.05, 0) is 24.5 Å². The molecule has 1 aromatic carbocycles. The van der Waals surface area contributed by atoms with Crippen molar-refractivity contribution < 1.29 is 14.7 Å². The van der Waals surface area contributed by atoms with Crippen LogP contribution < -0.4 is 0 Å². The van der Waals surface area contributed by atoms with Gasteiger partial charge in [0.25, 0.3) is 0 Å². The summed E-state index contributed by atoms with van der Waals surface area (Å²) in [5.74, 6) is -0.993. The van der Waals surface area contributed by atoms with E-state index in [4.69, 9.17) is 0 Å². The highest BCUT2D eigenvalue weighted by Crippen LogP contribution is 2.45. The van der Waals surface area contributed by atoms with Crippen LogP contribution >= 0.6 is 0 Å². The predicted molar refractivity (Wildman–Crippen MR) is 72.3 cm³/mol. The number of aromatic amines is 1. The third-order valence-corrected chi connectivity index (χ3v) is 4.63. The number of carboxylic acids is 1. The molecule has 0 spiro atoms. The van der Waals surface area contributed by atoms with Crippen molar-refractivity contribution in [2.24, 2.45) is 0 Å². The zero-order valence-electron chi connectivity index (χ0n) is 10.8. The van der Waals surface area contributed by atoms with Gasteiger partial charge < -0.3 is 15.0 Å². The average Bonchev–Trinajstić information content (AvgIpc) is 2.98. The van der Waals surface area contributed by atoms with E-state index in [1.54, 1.807) is 0 Å². The highest BCUT2D eigenvalue weighted by molar-refractivity contribution is 5.95. The van der Waals surface area contributed by atoms with E-state index < -0.39 is 11.5 Å². The molecule has 5 nitrogen and oxygen atoms in total. The van der Waals surface area contributed by atoms with Crippen molar-refractivity contribution in [2.75, 3.05) is 6.54 Å². The lowest BCUT2D eigenvalue weighted by molar-refractivity contribution is -0.156. The number of fused-ring (bicyclic) bond motifs is 5. The van der Waals surface area contributed by atoms with Gasteiger partial charge in [-0.15, -0.1) is 0 Å². The number of aliphatic carboxylic acids is 1. The fourth-order valence-electron chi connectivity index (χ4n) is 3.71. The standard InChI is InChI=1S/C15H14N2O3/c18-12-5-7-15(14(19)20)13-10(6-8-17(12)15)9-3-1-2-4-11(9)16-13/h1-4,16H,5-8H2,(H,19,20)/t15-/m0/s1. The third-order valence-electron chi connectivity index (χ3n) is 4.63. The quantitative estimate of drug-likeness (QED) is 0.827. The summed E-state index contributed by atoms with van der Waals surface area (Å²) in [6, 6.07) is 7.84. The van der Waals surface area contributed by atoms with Crippen LogP contribution in [0.2, 0.25) is 0 Å². The molecule has 0 aliphatic carbocycles. The molecule has 20 heavy (non-hydrogen) atoms. The van der Waals surface area contributed by atoms with Crippen molar-refractivity contribution in [3.05, 3.63) is 35.5 Å². The van der Waals surface area contributed by atoms with Gasteiger partial charge in [0, 0.05) is 23.9 Å². The van der Waals surface area contributed by atoms with Crippen molar-refractivity contribution >= 4 is 22.8 Å². The normalized spacial score (nSPS) is 24.8. The molecule has 3 heterocycles.